The van der Waals surface area contributed by atoms with Gasteiger partial charge in [0.1, 0.15) is 12.3 Å². The van der Waals surface area contributed by atoms with Gasteiger partial charge >= 0.3 is 0 Å². The number of nitrogens with one attached hydrogen (secondary N) is 1. The largest absolute Gasteiger partial charge is 0.497 e. The number of imidazole rings is 1. The van der Waals surface area contributed by atoms with Gasteiger partial charge in [0.15, 0.2) is 0 Å². The van der Waals surface area contributed by atoms with Crippen molar-refractivity contribution in [2.75, 3.05) is 12.4 Å². The predicted molar refractivity (Wildman–Crippen MR) is 107 cm³/mol. The van der Waals surface area contributed by atoms with Crippen molar-refractivity contribution in [2.45, 2.75) is 6.54 Å². The molecule has 5 nitrogen and oxygen atoms in total. The molecular weight excluding hydrogens is 338 g/mol. The highest BCUT2D eigenvalue weighted by Crippen LogP contribution is 2.26. The summed E-state index contributed by atoms with van der Waals surface area (Å²) in [6, 6.07) is 23.4. The molecule has 4 aromatic rings. The van der Waals surface area contributed by atoms with Gasteiger partial charge in [0.05, 0.1) is 24.5 Å². The molecule has 0 spiro atoms. The van der Waals surface area contributed by atoms with E-state index >= 15 is 0 Å². The van der Waals surface area contributed by atoms with Gasteiger partial charge in [-0.15, -0.1) is 0 Å². The van der Waals surface area contributed by atoms with Crippen molar-refractivity contribution in [2.24, 2.45) is 0 Å². The van der Waals surface area contributed by atoms with Crippen LogP contribution in [0.25, 0.3) is 22.2 Å². The highest BCUT2D eigenvalue weighted by molar-refractivity contribution is 5.92. The molecule has 0 bridgehead atoms. The lowest BCUT2D eigenvalue weighted by atomic mass is 10.0. The molecule has 0 aliphatic carbocycles. The molecule has 1 amide bonds. The fourth-order valence-electron chi connectivity index (χ4n) is 3.07. The van der Waals surface area contributed by atoms with E-state index in [1.165, 1.54) is 0 Å². The summed E-state index contributed by atoms with van der Waals surface area (Å²) in [6.07, 6.45) is 1.69. The Morgan fingerprint density at radius 2 is 1.78 bits per heavy atom. The van der Waals surface area contributed by atoms with E-state index in [4.69, 9.17) is 4.74 Å². The van der Waals surface area contributed by atoms with Crippen LogP contribution in [0.2, 0.25) is 0 Å². The molecular formula is C22H19N3O2. The first-order valence-electron chi connectivity index (χ1n) is 8.67. The van der Waals surface area contributed by atoms with Crippen LogP contribution < -0.4 is 10.1 Å². The van der Waals surface area contributed by atoms with E-state index in [2.05, 4.69) is 10.3 Å². The number of hydrogen-bond acceptors (Lipinski definition) is 3. The number of hydrogen-bond donors (Lipinski definition) is 1. The summed E-state index contributed by atoms with van der Waals surface area (Å²) in [5, 5.41) is 2.96. The Hall–Kier alpha value is -3.60. The molecule has 0 aliphatic rings. The molecule has 0 saturated carbocycles. The fraction of sp³-hybridized carbons (Fsp3) is 0.0909. The number of fused-ring (bicyclic) bond motifs is 1. The second-order valence-corrected chi connectivity index (χ2v) is 6.22. The number of anilines is 1. The first kappa shape index (κ1) is 16.8. The highest BCUT2D eigenvalue weighted by atomic mass is 16.5. The van der Waals surface area contributed by atoms with E-state index in [0.29, 0.717) is 0 Å². The van der Waals surface area contributed by atoms with Gasteiger partial charge in [0, 0.05) is 5.69 Å². The number of nitrogens with zero attached hydrogens (tertiary/aromatic N) is 2. The summed E-state index contributed by atoms with van der Waals surface area (Å²) in [5.41, 5.74) is 4.62. The Labute approximate surface area is 157 Å². The molecule has 5 heteroatoms. The van der Waals surface area contributed by atoms with E-state index in [1.54, 1.807) is 13.4 Å². The number of carbonyl (C=O) groups excluding carboxylic acids is 1. The van der Waals surface area contributed by atoms with Gasteiger partial charge in [-0.25, -0.2) is 4.98 Å². The van der Waals surface area contributed by atoms with Gasteiger partial charge in [-0.3, -0.25) is 4.79 Å². The van der Waals surface area contributed by atoms with Crippen molar-refractivity contribution >= 4 is 22.6 Å². The minimum Gasteiger partial charge on any atom is -0.497 e. The Balaban J connectivity index is 1.51. The number of carbonyl (C=O) groups is 1. The lowest BCUT2D eigenvalue weighted by Gasteiger charge is -2.09. The second-order valence-electron chi connectivity index (χ2n) is 6.22. The molecule has 3 aromatic carbocycles. The Morgan fingerprint density at radius 1 is 1.00 bits per heavy atom. The Kier molecular flexibility index (Phi) is 4.58. The number of ether oxygens (including phenoxy) is 1. The number of rotatable bonds is 5. The third-order valence-corrected chi connectivity index (χ3v) is 4.39. The molecule has 27 heavy (non-hydrogen) atoms. The Bertz CT molecular complexity index is 1100. The van der Waals surface area contributed by atoms with Gasteiger partial charge in [0.2, 0.25) is 5.91 Å². The predicted octanol–water partition coefficient (Wildman–Crippen LogP) is 4.35. The second kappa shape index (κ2) is 7.33. The number of aromatic nitrogens is 2. The third kappa shape index (κ3) is 3.67. The fourth-order valence-corrected chi connectivity index (χ4v) is 3.07. The van der Waals surface area contributed by atoms with E-state index < -0.39 is 0 Å². The van der Waals surface area contributed by atoms with Crippen LogP contribution in [-0.2, 0) is 11.3 Å². The molecule has 0 unspecified atom stereocenters. The molecule has 4 rings (SSSR count). The van der Waals surface area contributed by atoms with Crippen molar-refractivity contribution in [3.63, 3.8) is 0 Å². The van der Waals surface area contributed by atoms with Gasteiger partial charge < -0.3 is 14.6 Å². The average Bonchev–Trinajstić information content (AvgIpc) is 3.11. The molecule has 0 atom stereocenters. The van der Waals surface area contributed by atoms with Crippen molar-refractivity contribution < 1.29 is 9.53 Å². The first-order chi connectivity index (χ1) is 13.2. The molecule has 0 fully saturated rings. The Morgan fingerprint density at radius 3 is 2.63 bits per heavy atom. The van der Waals surface area contributed by atoms with Crippen LogP contribution in [0.5, 0.6) is 5.75 Å². The summed E-state index contributed by atoms with van der Waals surface area (Å²) < 4.78 is 7.13. The molecule has 0 saturated heterocycles. The zero-order chi connectivity index (χ0) is 18.6. The van der Waals surface area contributed by atoms with Crippen molar-refractivity contribution in [1.82, 2.24) is 9.55 Å². The molecule has 0 radical (unpaired) electrons. The molecule has 1 N–H and O–H groups in total. The quantitative estimate of drug-likeness (QED) is 0.578. The topological polar surface area (TPSA) is 56.1 Å². The third-order valence-electron chi connectivity index (χ3n) is 4.39. The van der Waals surface area contributed by atoms with Crippen LogP contribution in [0.1, 0.15) is 0 Å². The minimum atomic E-state index is -0.0963. The van der Waals surface area contributed by atoms with Gasteiger partial charge in [-0.1, -0.05) is 36.4 Å². The number of amides is 1. The molecule has 0 aliphatic heterocycles. The minimum absolute atomic E-state index is 0.0963. The van der Waals surface area contributed by atoms with Gasteiger partial charge in [0.25, 0.3) is 0 Å². The van der Waals surface area contributed by atoms with E-state index in [1.807, 2.05) is 77.4 Å². The number of para-hydroxylation sites is 2. The number of methoxy groups -OCH3 is 1. The normalized spacial score (nSPS) is 10.7. The van der Waals surface area contributed by atoms with Crippen molar-refractivity contribution in [1.29, 1.82) is 0 Å². The van der Waals surface area contributed by atoms with Crippen molar-refractivity contribution in [3.8, 4) is 16.9 Å². The zero-order valence-corrected chi connectivity index (χ0v) is 14.9. The summed E-state index contributed by atoms with van der Waals surface area (Å²) in [4.78, 5) is 16.8. The van der Waals surface area contributed by atoms with Crippen LogP contribution >= 0.6 is 0 Å². The zero-order valence-electron chi connectivity index (χ0n) is 14.9. The van der Waals surface area contributed by atoms with Crippen LogP contribution in [0.15, 0.2) is 79.1 Å². The lowest BCUT2D eigenvalue weighted by molar-refractivity contribution is -0.116. The lowest BCUT2D eigenvalue weighted by Crippen LogP contribution is -2.18. The monoisotopic (exact) mass is 357 g/mol. The van der Waals surface area contributed by atoms with Crippen LogP contribution in [0.3, 0.4) is 0 Å². The maximum Gasteiger partial charge on any atom is 0.244 e. The summed E-state index contributed by atoms with van der Waals surface area (Å²) >= 11 is 0. The van der Waals surface area contributed by atoms with E-state index in [0.717, 1.165) is 33.6 Å². The van der Waals surface area contributed by atoms with Crippen LogP contribution in [0.4, 0.5) is 5.69 Å². The van der Waals surface area contributed by atoms with Crippen LogP contribution in [-0.4, -0.2) is 22.6 Å². The SMILES string of the molecule is COc1cccc(-c2cccc(NC(=O)Cn3cnc4ccccc43)c2)c1. The van der Waals surface area contributed by atoms with Crippen LogP contribution in [0, 0.1) is 0 Å². The highest BCUT2D eigenvalue weighted by Gasteiger charge is 2.08. The molecule has 1 heterocycles. The maximum atomic E-state index is 12.5. The first-order valence-corrected chi connectivity index (χ1v) is 8.67. The smallest absolute Gasteiger partial charge is 0.244 e. The standard InChI is InChI=1S/C22H19N3O2/c1-27-19-9-5-7-17(13-19)16-6-4-8-18(12-16)24-22(26)14-25-15-23-20-10-2-3-11-21(20)25/h2-13,15H,14H2,1H3,(H,24,26). The number of benzene rings is 3. The molecule has 134 valence electrons. The van der Waals surface area contributed by atoms with Gasteiger partial charge in [-0.2, -0.15) is 0 Å². The summed E-state index contributed by atoms with van der Waals surface area (Å²) in [6.45, 7) is 0.212. The van der Waals surface area contributed by atoms with E-state index in [9.17, 15) is 4.79 Å². The summed E-state index contributed by atoms with van der Waals surface area (Å²) in [5.74, 6) is 0.704. The summed E-state index contributed by atoms with van der Waals surface area (Å²) in [7, 11) is 1.65. The maximum absolute atomic E-state index is 12.5. The van der Waals surface area contributed by atoms with E-state index in [-0.39, 0.29) is 12.5 Å². The van der Waals surface area contributed by atoms with Gasteiger partial charge in [-0.05, 0) is 47.5 Å². The molecule has 1 aromatic heterocycles. The average molecular weight is 357 g/mol. The van der Waals surface area contributed by atoms with Crippen molar-refractivity contribution in [3.05, 3.63) is 79.1 Å².